The van der Waals surface area contributed by atoms with Crippen molar-refractivity contribution in [1.29, 1.82) is 0 Å². The number of hydrogen-bond donors (Lipinski definition) is 2. The summed E-state index contributed by atoms with van der Waals surface area (Å²) in [6.07, 6.45) is 0. The number of thioether (sulfide) groups is 1. The van der Waals surface area contributed by atoms with Crippen molar-refractivity contribution in [3.05, 3.63) is 0 Å². The summed E-state index contributed by atoms with van der Waals surface area (Å²) < 4.78 is 0. The lowest BCUT2D eigenvalue weighted by atomic mass is 10.4. The molecule has 0 fully saturated rings. The molecule has 1 aromatic rings. The molecule has 1 unspecified atom stereocenters. The van der Waals surface area contributed by atoms with E-state index in [0.717, 1.165) is 0 Å². The molecule has 0 spiro atoms. The topological polar surface area (TPSA) is 83.6 Å². The number of H-pyrrole nitrogens is 1. The van der Waals surface area contributed by atoms with E-state index >= 15 is 0 Å². The molecule has 1 aromatic heterocycles. The van der Waals surface area contributed by atoms with E-state index in [9.17, 15) is 4.79 Å². The van der Waals surface area contributed by atoms with Crippen molar-refractivity contribution in [3.63, 3.8) is 0 Å². The Balaban J connectivity index is 2.47. The Bertz CT molecular complexity index is 248. The molecule has 1 atom stereocenters. The molecule has 12 heavy (non-hydrogen) atoms. The maximum Gasteiger partial charge on any atom is 0.233 e. The van der Waals surface area contributed by atoms with Gasteiger partial charge in [-0.25, -0.2) is 0 Å². The standard InChI is InChI=1S/C5H9N5OS/c1-3(4(11)6-2)12-5-7-9-10-8-5/h3H,1-2H3,(H,6,11)(H,7,8,9,10). The summed E-state index contributed by atoms with van der Waals surface area (Å²) in [5, 5.41) is 15.9. The Morgan fingerprint density at radius 1 is 1.75 bits per heavy atom. The van der Waals surface area contributed by atoms with Crippen LogP contribution in [0.3, 0.4) is 0 Å². The van der Waals surface area contributed by atoms with E-state index in [1.165, 1.54) is 11.8 Å². The molecule has 0 radical (unpaired) electrons. The van der Waals surface area contributed by atoms with Crippen LogP contribution in [-0.4, -0.2) is 38.8 Å². The van der Waals surface area contributed by atoms with Gasteiger partial charge in [-0.05, 0) is 12.1 Å². The van der Waals surface area contributed by atoms with Crippen LogP contribution in [0.2, 0.25) is 0 Å². The second-order valence-electron chi connectivity index (χ2n) is 2.07. The van der Waals surface area contributed by atoms with Crippen LogP contribution < -0.4 is 5.32 Å². The lowest BCUT2D eigenvalue weighted by Crippen LogP contribution is -2.27. The van der Waals surface area contributed by atoms with Gasteiger partial charge in [0.15, 0.2) is 0 Å². The van der Waals surface area contributed by atoms with Crippen molar-refractivity contribution < 1.29 is 4.79 Å². The van der Waals surface area contributed by atoms with Crippen LogP contribution in [-0.2, 0) is 4.79 Å². The highest BCUT2D eigenvalue weighted by atomic mass is 32.2. The Labute approximate surface area is 73.5 Å². The number of carbonyl (C=O) groups is 1. The van der Waals surface area contributed by atoms with Gasteiger partial charge >= 0.3 is 0 Å². The number of aromatic amines is 1. The van der Waals surface area contributed by atoms with Crippen LogP contribution in [0, 0.1) is 0 Å². The molecule has 0 aromatic carbocycles. The maximum atomic E-state index is 11.0. The summed E-state index contributed by atoms with van der Waals surface area (Å²) in [7, 11) is 1.59. The molecule has 1 amide bonds. The molecule has 0 aliphatic rings. The van der Waals surface area contributed by atoms with E-state index in [-0.39, 0.29) is 11.2 Å². The summed E-state index contributed by atoms with van der Waals surface area (Å²) in [6.45, 7) is 1.78. The Kier molecular flexibility index (Phi) is 3.03. The van der Waals surface area contributed by atoms with Crippen LogP contribution in [0.4, 0.5) is 0 Å². The number of nitrogens with zero attached hydrogens (tertiary/aromatic N) is 3. The lowest BCUT2D eigenvalue weighted by Gasteiger charge is -2.04. The van der Waals surface area contributed by atoms with Crippen LogP contribution in [0.5, 0.6) is 0 Å². The van der Waals surface area contributed by atoms with Crippen molar-refractivity contribution in [2.75, 3.05) is 7.05 Å². The average molecular weight is 187 g/mol. The first-order chi connectivity index (χ1) is 5.74. The quantitative estimate of drug-likeness (QED) is 0.619. The molecule has 0 aliphatic heterocycles. The Morgan fingerprint density at radius 3 is 3.00 bits per heavy atom. The minimum Gasteiger partial charge on any atom is -0.358 e. The van der Waals surface area contributed by atoms with Crippen LogP contribution in [0.15, 0.2) is 5.16 Å². The zero-order chi connectivity index (χ0) is 8.97. The van der Waals surface area contributed by atoms with Crippen molar-refractivity contribution >= 4 is 17.7 Å². The molecule has 0 aliphatic carbocycles. The Morgan fingerprint density at radius 2 is 2.50 bits per heavy atom. The fraction of sp³-hybridized carbons (Fsp3) is 0.600. The number of carbonyl (C=O) groups excluding carboxylic acids is 1. The van der Waals surface area contributed by atoms with E-state index in [2.05, 4.69) is 25.9 Å². The SMILES string of the molecule is CNC(=O)C(C)Sc1nn[nH]n1. The van der Waals surface area contributed by atoms with Crippen molar-refractivity contribution in [1.82, 2.24) is 25.9 Å². The first kappa shape index (κ1) is 8.98. The predicted octanol–water partition coefficient (Wildman–Crippen LogP) is -0.574. The molecule has 1 rings (SSSR count). The summed E-state index contributed by atoms with van der Waals surface area (Å²) >= 11 is 1.25. The summed E-state index contributed by atoms with van der Waals surface area (Å²) in [4.78, 5) is 11.0. The van der Waals surface area contributed by atoms with E-state index in [1.807, 2.05) is 0 Å². The molecular formula is C5H9N5OS. The second kappa shape index (κ2) is 4.05. The molecule has 0 bridgehead atoms. The van der Waals surface area contributed by atoms with Gasteiger partial charge in [0.1, 0.15) is 0 Å². The van der Waals surface area contributed by atoms with Gasteiger partial charge in [-0.15, -0.1) is 10.2 Å². The van der Waals surface area contributed by atoms with Crippen LogP contribution in [0.25, 0.3) is 0 Å². The number of hydrogen-bond acceptors (Lipinski definition) is 5. The maximum absolute atomic E-state index is 11.0. The van der Waals surface area contributed by atoms with Gasteiger partial charge in [-0.2, -0.15) is 5.21 Å². The third-order valence-corrected chi connectivity index (χ3v) is 2.18. The van der Waals surface area contributed by atoms with Crippen molar-refractivity contribution in [3.8, 4) is 0 Å². The Hall–Kier alpha value is -1.11. The molecule has 7 heteroatoms. The fourth-order valence-corrected chi connectivity index (χ4v) is 1.34. The van der Waals surface area contributed by atoms with Gasteiger partial charge in [-0.3, -0.25) is 4.79 Å². The fourth-order valence-electron chi connectivity index (χ4n) is 0.617. The number of rotatable bonds is 3. The third kappa shape index (κ3) is 2.19. The zero-order valence-electron chi connectivity index (χ0n) is 6.74. The molecule has 0 saturated heterocycles. The van der Waals surface area contributed by atoms with E-state index in [1.54, 1.807) is 14.0 Å². The summed E-state index contributed by atoms with van der Waals surface area (Å²) in [5.74, 6) is -0.0511. The number of tetrazole rings is 1. The molecular weight excluding hydrogens is 178 g/mol. The lowest BCUT2D eigenvalue weighted by molar-refractivity contribution is -0.119. The highest BCUT2D eigenvalue weighted by Gasteiger charge is 2.14. The normalized spacial score (nSPS) is 12.5. The molecule has 0 saturated carbocycles. The largest absolute Gasteiger partial charge is 0.358 e. The number of amides is 1. The van der Waals surface area contributed by atoms with Crippen molar-refractivity contribution in [2.45, 2.75) is 17.3 Å². The van der Waals surface area contributed by atoms with E-state index < -0.39 is 0 Å². The zero-order valence-corrected chi connectivity index (χ0v) is 7.55. The monoisotopic (exact) mass is 187 g/mol. The first-order valence-electron chi connectivity index (χ1n) is 3.35. The third-order valence-electron chi connectivity index (χ3n) is 1.22. The molecule has 2 N–H and O–H groups in total. The summed E-state index contributed by atoms with van der Waals surface area (Å²) in [6, 6.07) is 0. The van der Waals surface area contributed by atoms with Gasteiger partial charge in [0.25, 0.3) is 0 Å². The van der Waals surface area contributed by atoms with Gasteiger partial charge in [0.2, 0.25) is 11.1 Å². The second-order valence-corrected chi connectivity index (χ2v) is 3.38. The number of nitrogens with one attached hydrogen (secondary N) is 2. The smallest absolute Gasteiger partial charge is 0.233 e. The highest BCUT2D eigenvalue weighted by Crippen LogP contribution is 2.16. The summed E-state index contributed by atoms with van der Waals surface area (Å²) in [5.41, 5.74) is 0. The van der Waals surface area contributed by atoms with Crippen LogP contribution >= 0.6 is 11.8 Å². The first-order valence-corrected chi connectivity index (χ1v) is 4.23. The van der Waals surface area contributed by atoms with Gasteiger partial charge < -0.3 is 5.32 Å². The predicted molar refractivity (Wildman–Crippen MR) is 43.6 cm³/mol. The van der Waals surface area contributed by atoms with Crippen molar-refractivity contribution in [2.24, 2.45) is 0 Å². The van der Waals surface area contributed by atoms with Gasteiger partial charge in [0.05, 0.1) is 5.25 Å². The van der Waals surface area contributed by atoms with Gasteiger partial charge in [0, 0.05) is 7.05 Å². The highest BCUT2D eigenvalue weighted by molar-refractivity contribution is 8.00. The number of aromatic nitrogens is 4. The minimum atomic E-state index is -0.201. The molecule has 6 nitrogen and oxygen atoms in total. The molecule has 1 heterocycles. The van der Waals surface area contributed by atoms with Gasteiger partial charge in [-0.1, -0.05) is 11.8 Å². The molecule has 66 valence electrons. The minimum absolute atomic E-state index is 0.0511. The van der Waals surface area contributed by atoms with E-state index in [4.69, 9.17) is 0 Å². The van der Waals surface area contributed by atoms with E-state index in [0.29, 0.717) is 5.16 Å². The average Bonchev–Trinajstić information content (AvgIpc) is 2.55. The van der Waals surface area contributed by atoms with Crippen LogP contribution in [0.1, 0.15) is 6.92 Å².